The summed E-state index contributed by atoms with van der Waals surface area (Å²) in [6.07, 6.45) is 7.53. The fraction of sp³-hybridized carbons (Fsp3) is 0.688. The van der Waals surface area contributed by atoms with Crippen LogP contribution in [0.5, 0.6) is 0 Å². The fourth-order valence-corrected chi connectivity index (χ4v) is 3.30. The number of aromatic nitrogens is 1. The Morgan fingerprint density at radius 2 is 2.25 bits per heavy atom. The average Bonchev–Trinajstić information content (AvgIpc) is 3.18. The molecule has 3 nitrogen and oxygen atoms in total. The standard InChI is InChI=1S/C16H24FN3/c1-2-16(15-8-5-12(17)10-19-15)20(14-6-7-14)11-13-4-3-9-18-13/h5,8,10,13-14,16,18H,2-4,6-7,9,11H2,1H3. The third-order valence-electron chi connectivity index (χ3n) is 4.49. The Kier molecular flexibility index (Phi) is 4.32. The van der Waals surface area contributed by atoms with E-state index in [9.17, 15) is 4.39 Å². The molecule has 2 heterocycles. The Bertz CT molecular complexity index is 424. The maximum atomic E-state index is 13.1. The quantitative estimate of drug-likeness (QED) is 0.866. The molecule has 1 saturated heterocycles. The number of nitrogens with zero attached hydrogens (tertiary/aromatic N) is 2. The molecule has 1 saturated carbocycles. The molecule has 4 heteroatoms. The zero-order valence-corrected chi connectivity index (χ0v) is 12.2. The van der Waals surface area contributed by atoms with Crippen molar-refractivity contribution in [1.29, 1.82) is 0 Å². The number of rotatable bonds is 6. The first kappa shape index (κ1) is 14.0. The van der Waals surface area contributed by atoms with Gasteiger partial charge in [-0.1, -0.05) is 6.92 Å². The minimum Gasteiger partial charge on any atom is -0.313 e. The van der Waals surface area contributed by atoms with Gasteiger partial charge in [0, 0.05) is 18.6 Å². The zero-order chi connectivity index (χ0) is 13.9. The number of hydrogen-bond donors (Lipinski definition) is 1. The van der Waals surface area contributed by atoms with Gasteiger partial charge in [0.15, 0.2) is 0 Å². The van der Waals surface area contributed by atoms with Crippen LogP contribution in [0.15, 0.2) is 18.3 Å². The van der Waals surface area contributed by atoms with Crippen molar-refractivity contribution in [3.8, 4) is 0 Å². The maximum Gasteiger partial charge on any atom is 0.141 e. The van der Waals surface area contributed by atoms with E-state index in [0.717, 1.165) is 25.2 Å². The predicted octanol–water partition coefficient (Wildman–Crippen LogP) is 2.89. The first-order valence-electron chi connectivity index (χ1n) is 7.88. The smallest absolute Gasteiger partial charge is 0.141 e. The molecule has 20 heavy (non-hydrogen) atoms. The molecule has 1 aromatic heterocycles. The molecular formula is C16H24FN3. The monoisotopic (exact) mass is 277 g/mol. The molecule has 2 aliphatic rings. The first-order chi connectivity index (χ1) is 9.78. The lowest BCUT2D eigenvalue weighted by Gasteiger charge is -2.33. The van der Waals surface area contributed by atoms with Crippen LogP contribution < -0.4 is 5.32 Å². The van der Waals surface area contributed by atoms with E-state index in [2.05, 4.69) is 22.1 Å². The van der Waals surface area contributed by atoms with Crippen LogP contribution in [-0.4, -0.2) is 35.1 Å². The number of hydrogen-bond acceptors (Lipinski definition) is 3. The summed E-state index contributed by atoms with van der Waals surface area (Å²) < 4.78 is 13.1. The van der Waals surface area contributed by atoms with Gasteiger partial charge in [0.25, 0.3) is 0 Å². The Balaban J connectivity index is 1.74. The van der Waals surface area contributed by atoms with Gasteiger partial charge in [0.2, 0.25) is 0 Å². The van der Waals surface area contributed by atoms with Gasteiger partial charge in [-0.15, -0.1) is 0 Å². The van der Waals surface area contributed by atoms with E-state index in [1.807, 2.05) is 6.07 Å². The number of nitrogens with one attached hydrogen (secondary N) is 1. The molecular weight excluding hydrogens is 253 g/mol. The molecule has 0 spiro atoms. The molecule has 1 aromatic rings. The van der Waals surface area contributed by atoms with Crippen LogP contribution in [0.3, 0.4) is 0 Å². The summed E-state index contributed by atoms with van der Waals surface area (Å²) >= 11 is 0. The summed E-state index contributed by atoms with van der Waals surface area (Å²) in [7, 11) is 0. The summed E-state index contributed by atoms with van der Waals surface area (Å²) in [4.78, 5) is 6.92. The molecule has 0 amide bonds. The van der Waals surface area contributed by atoms with E-state index in [1.54, 1.807) is 0 Å². The van der Waals surface area contributed by atoms with Crippen LogP contribution >= 0.6 is 0 Å². The predicted molar refractivity (Wildman–Crippen MR) is 78.0 cm³/mol. The summed E-state index contributed by atoms with van der Waals surface area (Å²) in [5.74, 6) is -0.251. The molecule has 0 bridgehead atoms. The molecule has 2 unspecified atom stereocenters. The second-order valence-corrected chi connectivity index (χ2v) is 6.05. The van der Waals surface area contributed by atoms with Gasteiger partial charge in [0.1, 0.15) is 5.82 Å². The van der Waals surface area contributed by atoms with Crippen molar-refractivity contribution in [2.45, 2.75) is 57.2 Å². The first-order valence-corrected chi connectivity index (χ1v) is 7.88. The van der Waals surface area contributed by atoms with Crippen molar-refractivity contribution in [3.05, 3.63) is 29.8 Å². The Morgan fingerprint density at radius 3 is 2.80 bits per heavy atom. The van der Waals surface area contributed by atoms with Crippen LogP contribution in [0, 0.1) is 5.82 Å². The molecule has 1 N–H and O–H groups in total. The van der Waals surface area contributed by atoms with Gasteiger partial charge in [-0.2, -0.15) is 0 Å². The van der Waals surface area contributed by atoms with Crippen molar-refractivity contribution >= 4 is 0 Å². The summed E-state index contributed by atoms with van der Waals surface area (Å²) in [5.41, 5.74) is 1.01. The molecule has 1 aliphatic carbocycles. The van der Waals surface area contributed by atoms with Crippen LogP contribution in [0.25, 0.3) is 0 Å². The molecule has 3 rings (SSSR count). The van der Waals surface area contributed by atoms with Crippen molar-refractivity contribution < 1.29 is 4.39 Å². The summed E-state index contributed by atoms with van der Waals surface area (Å²) in [5, 5.41) is 3.59. The summed E-state index contributed by atoms with van der Waals surface area (Å²) in [6.45, 7) is 4.45. The van der Waals surface area contributed by atoms with Crippen LogP contribution in [0.2, 0.25) is 0 Å². The second kappa shape index (κ2) is 6.19. The molecule has 0 aromatic carbocycles. The average molecular weight is 277 g/mol. The van der Waals surface area contributed by atoms with E-state index in [-0.39, 0.29) is 5.82 Å². The van der Waals surface area contributed by atoms with Crippen LogP contribution in [0.4, 0.5) is 4.39 Å². The number of pyridine rings is 1. The van der Waals surface area contributed by atoms with Crippen LogP contribution in [0.1, 0.15) is 50.8 Å². The molecule has 2 fully saturated rings. The van der Waals surface area contributed by atoms with Crippen molar-refractivity contribution in [3.63, 3.8) is 0 Å². The van der Waals surface area contributed by atoms with Gasteiger partial charge < -0.3 is 5.32 Å². The maximum absolute atomic E-state index is 13.1. The van der Waals surface area contributed by atoms with E-state index in [4.69, 9.17) is 0 Å². The SMILES string of the molecule is CCC(c1ccc(F)cn1)N(CC1CCCN1)C1CC1. The van der Waals surface area contributed by atoms with Gasteiger partial charge in [-0.25, -0.2) is 4.39 Å². The highest BCUT2D eigenvalue weighted by molar-refractivity contribution is 5.11. The lowest BCUT2D eigenvalue weighted by atomic mass is 10.1. The fourth-order valence-electron chi connectivity index (χ4n) is 3.30. The van der Waals surface area contributed by atoms with E-state index in [1.165, 1.54) is 37.9 Å². The topological polar surface area (TPSA) is 28.2 Å². The van der Waals surface area contributed by atoms with Crippen molar-refractivity contribution in [2.75, 3.05) is 13.1 Å². The Hall–Kier alpha value is -1.00. The van der Waals surface area contributed by atoms with Crippen molar-refractivity contribution in [2.24, 2.45) is 0 Å². The highest BCUT2D eigenvalue weighted by Gasteiger charge is 2.36. The van der Waals surface area contributed by atoms with E-state index < -0.39 is 0 Å². The third-order valence-corrected chi connectivity index (χ3v) is 4.49. The van der Waals surface area contributed by atoms with Gasteiger partial charge in [0.05, 0.1) is 17.9 Å². The van der Waals surface area contributed by atoms with Crippen molar-refractivity contribution in [1.82, 2.24) is 15.2 Å². The zero-order valence-electron chi connectivity index (χ0n) is 12.2. The summed E-state index contributed by atoms with van der Waals surface area (Å²) in [6, 6.07) is 5.02. The third kappa shape index (κ3) is 3.18. The Morgan fingerprint density at radius 1 is 1.40 bits per heavy atom. The highest BCUT2D eigenvalue weighted by atomic mass is 19.1. The van der Waals surface area contributed by atoms with Gasteiger partial charge in [-0.3, -0.25) is 9.88 Å². The van der Waals surface area contributed by atoms with Gasteiger partial charge >= 0.3 is 0 Å². The normalized spacial score (nSPS) is 24.2. The van der Waals surface area contributed by atoms with Crippen LogP contribution in [-0.2, 0) is 0 Å². The molecule has 0 radical (unpaired) electrons. The number of halogens is 1. The lowest BCUT2D eigenvalue weighted by molar-refractivity contribution is 0.162. The Labute approximate surface area is 120 Å². The van der Waals surface area contributed by atoms with Gasteiger partial charge in [-0.05, 0) is 50.8 Å². The molecule has 110 valence electrons. The molecule has 2 atom stereocenters. The minimum atomic E-state index is -0.251. The second-order valence-electron chi connectivity index (χ2n) is 6.05. The van der Waals surface area contributed by atoms with E-state index in [0.29, 0.717) is 18.1 Å². The van der Waals surface area contributed by atoms with E-state index >= 15 is 0 Å². The minimum absolute atomic E-state index is 0.251. The lowest BCUT2D eigenvalue weighted by Crippen LogP contribution is -2.41. The largest absolute Gasteiger partial charge is 0.313 e. The molecule has 1 aliphatic heterocycles. The highest BCUT2D eigenvalue weighted by Crippen LogP contribution is 2.36.